The first kappa shape index (κ1) is 12.1. The van der Waals surface area contributed by atoms with Crippen molar-refractivity contribution < 1.29 is 18.2 Å². The molecule has 19 heavy (non-hydrogen) atoms. The molecule has 2 heterocycles. The van der Waals surface area contributed by atoms with Crippen molar-refractivity contribution >= 4 is 23.3 Å². The molecule has 1 aromatic carbocycles. The number of benzene rings is 1. The van der Waals surface area contributed by atoms with Crippen molar-refractivity contribution in [3.63, 3.8) is 0 Å². The fourth-order valence-corrected chi connectivity index (χ4v) is 2.57. The number of hydrogen-bond acceptors (Lipinski definition) is 2. The number of nitrogens with zero attached hydrogens (tertiary/aromatic N) is 1. The Morgan fingerprint density at radius 3 is 2.63 bits per heavy atom. The molecule has 0 saturated heterocycles. The van der Waals surface area contributed by atoms with E-state index in [2.05, 4.69) is 0 Å². The highest BCUT2D eigenvalue weighted by molar-refractivity contribution is 6.92. The third-order valence-electron chi connectivity index (χ3n) is 3.51. The third-order valence-corrected chi connectivity index (χ3v) is 3.51. The van der Waals surface area contributed by atoms with Gasteiger partial charge < -0.3 is 18.2 Å². The highest BCUT2D eigenvalue weighted by Gasteiger charge is 2.58. The second-order valence-corrected chi connectivity index (χ2v) is 5.99. The summed E-state index contributed by atoms with van der Waals surface area (Å²) in [6.07, 6.45) is 1.57. The number of rotatable bonds is 1. The minimum Gasteiger partial charge on any atom is -0.620 e. The monoisotopic (exact) mass is 259 g/mol. The van der Waals surface area contributed by atoms with E-state index in [0.717, 1.165) is 5.39 Å². The summed E-state index contributed by atoms with van der Waals surface area (Å²) in [6.45, 7) is 1.88. The lowest BCUT2D eigenvalue weighted by atomic mass is 9.60. The minimum absolute atomic E-state index is 0.429. The maximum absolute atomic E-state index is 15.2. The molecule has 0 fully saturated rings. The Balaban J connectivity index is 2.26. The van der Waals surface area contributed by atoms with E-state index in [1.54, 1.807) is 45.2 Å². The molecule has 0 amide bonds. The summed E-state index contributed by atoms with van der Waals surface area (Å²) in [6, 6.07) is 8.97. The Kier molecular flexibility index (Phi) is 2.28. The summed E-state index contributed by atoms with van der Waals surface area (Å²) in [5.74, 6) is 0.429. The van der Waals surface area contributed by atoms with E-state index in [1.165, 1.54) is 4.48 Å². The molecule has 0 bridgehead atoms. The van der Waals surface area contributed by atoms with Gasteiger partial charge in [-0.2, -0.15) is 0 Å². The minimum atomic E-state index is -3.22. The van der Waals surface area contributed by atoms with Gasteiger partial charge in [-0.25, -0.2) is 0 Å². The van der Waals surface area contributed by atoms with Crippen LogP contribution in [0.2, 0.25) is 0 Å². The second kappa shape index (κ2) is 3.56. The summed E-state index contributed by atoms with van der Waals surface area (Å²) in [5, 5.41) is 0.864. The van der Waals surface area contributed by atoms with Gasteiger partial charge in [-0.1, -0.05) is 26.8 Å². The van der Waals surface area contributed by atoms with Crippen LogP contribution < -0.4 is 9.13 Å². The molecular formula is C14H15BFNO2. The molecule has 5 heteroatoms. The molecule has 0 saturated carbocycles. The highest BCUT2D eigenvalue weighted by atomic mass is 19.1. The Labute approximate surface area is 111 Å². The van der Waals surface area contributed by atoms with Crippen LogP contribution in [0.5, 0.6) is 5.75 Å². The van der Waals surface area contributed by atoms with Crippen LogP contribution in [0.1, 0.15) is 20.8 Å². The molecule has 98 valence electrons. The van der Waals surface area contributed by atoms with Crippen molar-refractivity contribution in [1.82, 2.24) is 0 Å². The van der Waals surface area contributed by atoms with Crippen molar-refractivity contribution in [3.05, 3.63) is 36.5 Å². The Morgan fingerprint density at radius 1 is 1.26 bits per heavy atom. The van der Waals surface area contributed by atoms with Crippen LogP contribution in [-0.2, 0) is 4.79 Å². The largest absolute Gasteiger partial charge is 0.700 e. The quantitative estimate of drug-likeness (QED) is 0.736. The van der Waals surface area contributed by atoms with Crippen molar-refractivity contribution in [2.24, 2.45) is 5.41 Å². The Bertz CT molecular complexity index is 690. The Morgan fingerprint density at radius 2 is 1.95 bits per heavy atom. The van der Waals surface area contributed by atoms with E-state index in [9.17, 15) is 4.79 Å². The lowest BCUT2D eigenvalue weighted by molar-refractivity contribution is -0.528. The maximum atomic E-state index is 15.2. The second-order valence-electron chi connectivity index (χ2n) is 5.99. The molecule has 0 spiro atoms. The number of carbonyl (C=O) groups is 1. The molecule has 3 nitrogen and oxygen atoms in total. The molecule has 1 aromatic heterocycles. The van der Waals surface area contributed by atoms with Crippen molar-refractivity contribution in [3.8, 4) is 5.75 Å². The Hall–Kier alpha value is -1.91. The van der Waals surface area contributed by atoms with E-state index in [0.29, 0.717) is 11.3 Å². The van der Waals surface area contributed by atoms with Gasteiger partial charge in [0.05, 0.1) is 0 Å². The molecule has 1 atom stereocenters. The molecule has 0 N–H and O–H groups in total. The summed E-state index contributed by atoms with van der Waals surface area (Å²) in [4.78, 5) is 12.4. The summed E-state index contributed by atoms with van der Waals surface area (Å²) in [5.41, 5.74) is -0.683. The third kappa shape index (κ3) is 1.57. The lowest BCUT2D eigenvalue weighted by Gasteiger charge is -2.27. The zero-order valence-electron chi connectivity index (χ0n) is 11.2. The van der Waals surface area contributed by atoms with E-state index >= 15 is 4.32 Å². The van der Waals surface area contributed by atoms with Crippen molar-refractivity contribution in [1.29, 1.82) is 0 Å². The van der Waals surface area contributed by atoms with Crippen molar-refractivity contribution in [2.75, 3.05) is 0 Å². The van der Waals surface area contributed by atoms with Gasteiger partial charge >= 0.3 is 6.76 Å². The van der Waals surface area contributed by atoms with Gasteiger partial charge in [0.1, 0.15) is 17.6 Å². The smallest absolute Gasteiger partial charge is 0.620 e. The molecular weight excluding hydrogens is 244 g/mol. The maximum Gasteiger partial charge on any atom is 0.700 e. The number of carbonyl (C=O) groups excluding carboxylic acids is 1. The van der Waals surface area contributed by atoms with Crippen LogP contribution >= 0.6 is 0 Å². The van der Waals surface area contributed by atoms with Crippen molar-refractivity contribution in [2.45, 2.75) is 20.8 Å². The molecule has 1 aliphatic rings. The fraction of sp³-hybridized carbons (Fsp3) is 0.286. The number of para-hydroxylation sites is 1. The molecule has 2 aromatic rings. The number of aromatic nitrogens is 1. The highest BCUT2D eigenvalue weighted by Crippen LogP contribution is 2.33. The van der Waals surface area contributed by atoms with Gasteiger partial charge in [-0.05, 0) is 29.7 Å². The average molecular weight is 259 g/mol. The first-order chi connectivity index (χ1) is 8.84. The van der Waals surface area contributed by atoms with E-state index in [1.807, 2.05) is 12.1 Å². The summed E-state index contributed by atoms with van der Waals surface area (Å²) in [7, 11) is 0. The van der Waals surface area contributed by atoms with Gasteiger partial charge in [-0.3, -0.25) is 0 Å². The van der Waals surface area contributed by atoms with Gasteiger partial charge in [0.15, 0.2) is 0 Å². The number of hydrogen-bond donors (Lipinski definition) is 0. The number of pyridine rings is 1. The standard InChI is InChI=1S/C14H15BFNO2/c1-14(2,3)13(18)15(16)17-9-5-7-10-6-4-8-11(19-15)12(10)17/h4-9H,1-3H3. The molecule has 0 radical (unpaired) electrons. The van der Waals surface area contributed by atoms with Crippen LogP contribution in [0, 0.1) is 5.41 Å². The summed E-state index contributed by atoms with van der Waals surface area (Å²) >= 11 is 0. The molecule has 1 aliphatic heterocycles. The molecule has 1 unspecified atom stereocenters. The van der Waals surface area contributed by atoms with E-state index in [4.69, 9.17) is 4.65 Å². The van der Waals surface area contributed by atoms with Crippen LogP contribution in [0.3, 0.4) is 0 Å². The van der Waals surface area contributed by atoms with Crippen LogP contribution in [0.4, 0.5) is 4.32 Å². The van der Waals surface area contributed by atoms with E-state index < -0.39 is 17.9 Å². The van der Waals surface area contributed by atoms with Crippen LogP contribution in [0.15, 0.2) is 36.5 Å². The van der Waals surface area contributed by atoms with Gasteiger partial charge in [0, 0.05) is 5.39 Å². The predicted octanol–water partition coefficient (Wildman–Crippen LogP) is 2.43. The molecule has 0 aliphatic carbocycles. The predicted molar refractivity (Wildman–Crippen MR) is 71.5 cm³/mol. The first-order valence-corrected chi connectivity index (χ1v) is 6.34. The normalized spacial score (nSPS) is 21.5. The van der Waals surface area contributed by atoms with E-state index in [-0.39, 0.29) is 0 Å². The first-order valence-electron chi connectivity index (χ1n) is 6.34. The number of halogens is 1. The van der Waals surface area contributed by atoms with Gasteiger partial charge in [-0.15, -0.1) is 0 Å². The summed E-state index contributed by atoms with van der Waals surface area (Å²) < 4.78 is 22.0. The van der Waals surface area contributed by atoms with Crippen LogP contribution in [-0.4, -0.2) is 12.4 Å². The topological polar surface area (TPSA) is 30.2 Å². The van der Waals surface area contributed by atoms with Crippen LogP contribution in [0.25, 0.3) is 10.9 Å². The van der Waals surface area contributed by atoms with Gasteiger partial charge in [0.2, 0.25) is 5.52 Å². The zero-order valence-corrected chi connectivity index (χ0v) is 11.2. The fourth-order valence-electron chi connectivity index (χ4n) is 2.57. The SMILES string of the molecule is CC(C)(C)C(=O)[B-]1(F)Oc2cccc3ccc[n+]1c23. The lowest BCUT2D eigenvalue weighted by Crippen LogP contribution is -2.70. The zero-order chi connectivity index (χ0) is 13.8. The molecule has 3 rings (SSSR count). The average Bonchev–Trinajstić information content (AvgIpc) is 2.64. The van der Waals surface area contributed by atoms with Gasteiger partial charge in [0.25, 0.3) is 0 Å².